The van der Waals surface area contributed by atoms with Crippen LogP contribution in [-0.2, 0) is 0 Å². The Morgan fingerprint density at radius 2 is 1.88 bits per heavy atom. The van der Waals surface area contributed by atoms with E-state index in [0.29, 0.717) is 6.61 Å². The van der Waals surface area contributed by atoms with Crippen LogP contribution in [0.1, 0.15) is 20.8 Å². The van der Waals surface area contributed by atoms with Crippen LogP contribution in [0.2, 0.25) is 0 Å². The average Bonchev–Trinajstić information content (AvgIpc) is 2.32. The second-order valence-corrected chi connectivity index (χ2v) is 3.16. The van der Waals surface area contributed by atoms with E-state index in [2.05, 4.69) is 0 Å². The van der Waals surface area contributed by atoms with Gasteiger partial charge in [0.25, 0.3) is 0 Å². The molecule has 0 heterocycles. The first-order valence-electron chi connectivity index (χ1n) is 5.72. The molecule has 2 aromatic carbocycles. The van der Waals surface area contributed by atoms with Crippen LogP contribution in [0, 0.1) is 0 Å². The molecule has 0 spiro atoms. The van der Waals surface area contributed by atoms with Gasteiger partial charge in [-0.25, -0.2) is 0 Å². The molecule has 0 atom stereocenters. The first-order valence-corrected chi connectivity index (χ1v) is 5.72. The van der Waals surface area contributed by atoms with Crippen LogP contribution in [0.25, 0.3) is 10.8 Å². The monoisotopic (exact) mass is 217 g/mol. The number of hydrogen-bond acceptors (Lipinski definition) is 2. The van der Waals surface area contributed by atoms with Crippen molar-refractivity contribution in [3.05, 3.63) is 36.4 Å². The van der Waals surface area contributed by atoms with E-state index in [9.17, 15) is 0 Å². The van der Waals surface area contributed by atoms with Crippen LogP contribution in [0.15, 0.2) is 36.4 Å². The van der Waals surface area contributed by atoms with E-state index in [1.807, 2.05) is 57.2 Å². The van der Waals surface area contributed by atoms with Crippen molar-refractivity contribution in [1.29, 1.82) is 0 Å². The molecule has 0 fully saturated rings. The molecule has 2 aromatic rings. The lowest BCUT2D eigenvalue weighted by molar-refractivity contribution is 0.341. The third-order valence-electron chi connectivity index (χ3n) is 2.20. The van der Waals surface area contributed by atoms with Gasteiger partial charge in [0.15, 0.2) is 0 Å². The van der Waals surface area contributed by atoms with E-state index in [1.54, 1.807) is 0 Å². The summed E-state index contributed by atoms with van der Waals surface area (Å²) < 4.78 is 5.41. The lowest BCUT2D eigenvalue weighted by atomic mass is 10.1. The molecule has 0 aliphatic rings. The minimum Gasteiger partial charge on any atom is -0.494 e. The molecule has 0 unspecified atom stereocenters. The highest BCUT2D eigenvalue weighted by atomic mass is 16.5. The maximum Gasteiger partial charge on any atom is 0.119 e. The molecule has 2 rings (SSSR count). The van der Waals surface area contributed by atoms with Crippen molar-refractivity contribution in [3.63, 3.8) is 0 Å². The smallest absolute Gasteiger partial charge is 0.119 e. The van der Waals surface area contributed by atoms with Crippen molar-refractivity contribution >= 4 is 16.5 Å². The summed E-state index contributed by atoms with van der Waals surface area (Å²) in [5, 5.41) is 2.20. The highest BCUT2D eigenvalue weighted by Gasteiger charge is 1.98. The molecule has 0 saturated carbocycles. The Kier molecular flexibility index (Phi) is 4.65. The molecule has 0 aliphatic carbocycles. The molecule has 0 bridgehead atoms. The van der Waals surface area contributed by atoms with E-state index < -0.39 is 0 Å². The Hall–Kier alpha value is -1.70. The number of ether oxygens (including phenoxy) is 1. The summed E-state index contributed by atoms with van der Waals surface area (Å²) in [6.07, 6.45) is 0. The van der Waals surface area contributed by atoms with Gasteiger partial charge in [-0.05, 0) is 36.6 Å². The standard InChI is InChI=1S/C12H13NO.C2H6/c1-2-14-10-6-7-11-9(8-10)4-3-5-12(11)13;1-2/h3-8H,2,13H2,1H3;1-2H3. The van der Waals surface area contributed by atoms with Crippen LogP contribution in [0.5, 0.6) is 5.75 Å². The maximum absolute atomic E-state index is 5.84. The minimum absolute atomic E-state index is 0.688. The minimum atomic E-state index is 0.688. The van der Waals surface area contributed by atoms with Crippen molar-refractivity contribution < 1.29 is 4.74 Å². The quantitative estimate of drug-likeness (QED) is 0.775. The Labute approximate surface area is 97.0 Å². The second-order valence-electron chi connectivity index (χ2n) is 3.16. The SMILES string of the molecule is CC.CCOc1ccc2c(N)cccc2c1. The Morgan fingerprint density at radius 1 is 1.12 bits per heavy atom. The molecule has 0 radical (unpaired) electrons. The third kappa shape index (κ3) is 2.66. The number of nitrogens with two attached hydrogens (primary N) is 1. The molecule has 2 N–H and O–H groups in total. The number of hydrogen-bond donors (Lipinski definition) is 1. The lowest BCUT2D eigenvalue weighted by Crippen LogP contribution is -1.91. The molecule has 0 aromatic heterocycles. The van der Waals surface area contributed by atoms with Crippen molar-refractivity contribution in [3.8, 4) is 5.75 Å². The average molecular weight is 217 g/mol. The molecule has 86 valence electrons. The summed E-state index contributed by atoms with van der Waals surface area (Å²) in [5.74, 6) is 0.894. The number of nitrogen functional groups attached to an aromatic ring is 1. The van der Waals surface area contributed by atoms with Gasteiger partial charge >= 0.3 is 0 Å². The molecule has 16 heavy (non-hydrogen) atoms. The van der Waals surface area contributed by atoms with Gasteiger partial charge in [0.05, 0.1) is 6.61 Å². The summed E-state index contributed by atoms with van der Waals surface area (Å²) in [5.41, 5.74) is 6.65. The fourth-order valence-corrected chi connectivity index (χ4v) is 1.54. The number of benzene rings is 2. The van der Waals surface area contributed by atoms with Crippen LogP contribution in [0.3, 0.4) is 0 Å². The fraction of sp³-hybridized carbons (Fsp3) is 0.286. The van der Waals surface area contributed by atoms with E-state index in [1.165, 1.54) is 0 Å². The van der Waals surface area contributed by atoms with Gasteiger partial charge in [0, 0.05) is 11.1 Å². The van der Waals surface area contributed by atoms with Crippen LogP contribution < -0.4 is 10.5 Å². The summed E-state index contributed by atoms with van der Waals surface area (Å²) in [7, 11) is 0. The molecule has 2 heteroatoms. The van der Waals surface area contributed by atoms with Gasteiger partial charge in [-0.3, -0.25) is 0 Å². The number of fused-ring (bicyclic) bond motifs is 1. The Balaban J connectivity index is 0.000000606. The summed E-state index contributed by atoms with van der Waals surface area (Å²) in [6.45, 7) is 6.66. The van der Waals surface area contributed by atoms with Crippen molar-refractivity contribution in [1.82, 2.24) is 0 Å². The summed E-state index contributed by atoms with van der Waals surface area (Å²) in [6, 6.07) is 11.8. The van der Waals surface area contributed by atoms with E-state index >= 15 is 0 Å². The first kappa shape index (κ1) is 12.4. The summed E-state index contributed by atoms with van der Waals surface area (Å²) in [4.78, 5) is 0. The molecule has 0 saturated heterocycles. The zero-order valence-electron chi connectivity index (χ0n) is 10.2. The highest BCUT2D eigenvalue weighted by molar-refractivity contribution is 5.93. The van der Waals surface area contributed by atoms with Gasteiger partial charge in [-0.2, -0.15) is 0 Å². The van der Waals surface area contributed by atoms with Gasteiger partial charge in [-0.1, -0.05) is 26.0 Å². The molecular formula is C14H19NO. The topological polar surface area (TPSA) is 35.2 Å². The van der Waals surface area contributed by atoms with Crippen molar-refractivity contribution in [2.24, 2.45) is 0 Å². The third-order valence-corrected chi connectivity index (χ3v) is 2.20. The van der Waals surface area contributed by atoms with Gasteiger partial charge in [0.2, 0.25) is 0 Å². The molecule has 2 nitrogen and oxygen atoms in total. The van der Waals surface area contributed by atoms with E-state index in [4.69, 9.17) is 10.5 Å². The first-order chi connectivity index (χ1) is 7.81. The predicted molar refractivity (Wildman–Crippen MR) is 70.9 cm³/mol. The van der Waals surface area contributed by atoms with Gasteiger partial charge < -0.3 is 10.5 Å². The Morgan fingerprint density at radius 3 is 2.56 bits per heavy atom. The zero-order chi connectivity index (χ0) is 12.0. The lowest BCUT2D eigenvalue weighted by Gasteiger charge is -2.05. The van der Waals surface area contributed by atoms with Gasteiger partial charge in [0.1, 0.15) is 5.75 Å². The van der Waals surface area contributed by atoms with E-state index in [0.717, 1.165) is 22.2 Å². The van der Waals surface area contributed by atoms with Crippen LogP contribution >= 0.6 is 0 Å². The molecule has 0 aliphatic heterocycles. The Bertz CT molecular complexity index is 451. The highest BCUT2D eigenvalue weighted by Crippen LogP contribution is 2.24. The van der Waals surface area contributed by atoms with Crippen LogP contribution in [0.4, 0.5) is 5.69 Å². The fourth-order valence-electron chi connectivity index (χ4n) is 1.54. The largest absolute Gasteiger partial charge is 0.494 e. The predicted octanol–water partition coefficient (Wildman–Crippen LogP) is 3.85. The van der Waals surface area contributed by atoms with Crippen LogP contribution in [-0.4, -0.2) is 6.61 Å². The molecule has 0 amide bonds. The molecular weight excluding hydrogens is 198 g/mol. The van der Waals surface area contributed by atoms with Gasteiger partial charge in [-0.15, -0.1) is 0 Å². The normalized spacial score (nSPS) is 9.44. The van der Waals surface area contributed by atoms with E-state index in [-0.39, 0.29) is 0 Å². The zero-order valence-corrected chi connectivity index (χ0v) is 10.2. The second kappa shape index (κ2) is 6.01. The maximum atomic E-state index is 5.84. The summed E-state index contributed by atoms with van der Waals surface area (Å²) >= 11 is 0. The number of rotatable bonds is 2. The van der Waals surface area contributed by atoms with Crippen molar-refractivity contribution in [2.75, 3.05) is 12.3 Å². The number of anilines is 1. The van der Waals surface area contributed by atoms with Crippen molar-refractivity contribution in [2.45, 2.75) is 20.8 Å².